The molecule has 2 heterocycles. The maximum atomic E-state index is 13.7. The number of halogens is 1. The number of amides is 1. The third-order valence-corrected chi connectivity index (χ3v) is 6.27. The SMILES string of the molecule is COc1ccc(N2C(=O)c3oc4cc(C)c(C)cc4c(=O)c3[C@H]2c2ccc(Cl)cc2)cc1. The molecule has 160 valence electrons. The van der Waals surface area contributed by atoms with Crippen molar-refractivity contribution in [3.8, 4) is 5.75 Å². The predicted octanol–water partition coefficient (Wildman–Crippen LogP) is 5.82. The van der Waals surface area contributed by atoms with Gasteiger partial charge in [-0.25, -0.2) is 0 Å². The minimum Gasteiger partial charge on any atom is -0.497 e. The summed E-state index contributed by atoms with van der Waals surface area (Å²) in [6.45, 7) is 3.90. The summed E-state index contributed by atoms with van der Waals surface area (Å²) < 4.78 is 11.3. The van der Waals surface area contributed by atoms with E-state index in [0.717, 1.165) is 16.7 Å². The zero-order valence-electron chi connectivity index (χ0n) is 17.8. The number of methoxy groups -OCH3 is 1. The second-order valence-electron chi connectivity index (χ2n) is 7.93. The fourth-order valence-corrected chi connectivity index (χ4v) is 4.32. The predicted molar refractivity (Wildman–Crippen MR) is 125 cm³/mol. The summed E-state index contributed by atoms with van der Waals surface area (Å²) in [5.74, 6) is 0.385. The van der Waals surface area contributed by atoms with Gasteiger partial charge < -0.3 is 9.15 Å². The van der Waals surface area contributed by atoms with Crippen LogP contribution in [-0.2, 0) is 0 Å². The van der Waals surface area contributed by atoms with E-state index in [1.165, 1.54) is 0 Å². The van der Waals surface area contributed by atoms with Gasteiger partial charge in [-0.3, -0.25) is 14.5 Å². The first kappa shape index (κ1) is 20.3. The molecule has 0 N–H and O–H groups in total. The zero-order chi connectivity index (χ0) is 22.6. The molecule has 0 unspecified atom stereocenters. The highest BCUT2D eigenvalue weighted by Crippen LogP contribution is 2.42. The molecular weight excluding hydrogens is 426 g/mol. The van der Waals surface area contributed by atoms with Crippen LogP contribution in [0.4, 0.5) is 5.69 Å². The van der Waals surface area contributed by atoms with Gasteiger partial charge in [0.1, 0.15) is 11.3 Å². The monoisotopic (exact) mass is 445 g/mol. The molecule has 0 saturated carbocycles. The highest BCUT2D eigenvalue weighted by molar-refractivity contribution is 6.30. The first-order valence-electron chi connectivity index (χ1n) is 10.2. The first-order valence-corrected chi connectivity index (χ1v) is 10.6. The molecule has 6 heteroatoms. The smallest absolute Gasteiger partial charge is 0.295 e. The van der Waals surface area contributed by atoms with Crippen molar-refractivity contribution in [2.24, 2.45) is 0 Å². The zero-order valence-corrected chi connectivity index (χ0v) is 18.6. The second kappa shape index (κ2) is 7.53. The standard InChI is InChI=1S/C26H20ClNO4/c1-14-12-20-21(13-15(14)2)32-25-22(24(20)29)23(16-4-6-17(27)7-5-16)28(26(25)30)18-8-10-19(31-3)11-9-18/h4-13,23H,1-3H3/t23-/m1/s1. The molecule has 0 fully saturated rings. The molecule has 3 aromatic carbocycles. The lowest BCUT2D eigenvalue weighted by molar-refractivity contribution is 0.0971. The summed E-state index contributed by atoms with van der Waals surface area (Å²) in [4.78, 5) is 28.9. The lowest BCUT2D eigenvalue weighted by Crippen LogP contribution is -2.29. The number of benzene rings is 3. The van der Waals surface area contributed by atoms with E-state index in [0.29, 0.717) is 33.0 Å². The van der Waals surface area contributed by atoms with Crippen LogP contribution in [0, 0.1) is 13.8 Å². The van der Waals surface area contributed by atoms with Crippen molar-refractivity contribution in [1.82, 2.24) is 0 Å². The maximum Gasteiger partial charge on any atom is 0.295 e. The molecule has 0 spiro atoms. The average molecular weight is 446 g/mol. The van der Waals surface area contributed by atoms with Gasteiger partial charge >= 0.3 is 0 Å². The highest BCUT2D eigenvalue weighted by atomic mass is 35.5. The van der Waals surface area contributed by atoms with E-state index in [2.05, 4.69) is 0 Å². The summed E-state index contributed by atoms with van der Waals surface area (Å²) in [7, 11) is 1.58. The second-order valence-corrected chi connectivity index (χ2v) is 8.37. The number of fused-ring (bicyclic) bond motifs is 2. The number of hydrogen-bond donors (Lipinski definition) is 0. The van der Waals surface area contributed by atoms with Crippen LogP contribution < -0.4 is 15.1 Å². The van der Waals surface area contributed by atoms with Gasteiger partial charge in [-0.15, -0.1) is 0 Å². The molecule has 1 aromatic heterocycles. The summed E-state index contributed by atoms with van der Waals surface area (Å²) in [6, 6.07) is 17.3. The Labute approximate surface area is 189 Å². The van der Waals surface area contributed by atoms with Crippen LogP contribution in [0.15, 0.2) is 69.9 Å². The van der Waals surface area contributed by atoms with Crippen molar-refractivity contribution < 1.29 is 13.9 Å². The Bertz CT molecular complexity index is 1420. The summed E-state index contributed by atoms with van der Waals surface area (Å²) in [5, 5.41) is 1.04. The van der Waals surface area contributed by atoms with Gasteiger partial charge in [-0.05, 0) is 79.1 Å². The number of aryl methyl sites for hydroxylation is 2. The van der Waals surface area contributed by atoms with E-state index in [1.807, 2.05) is 38.1 Å². The minimum atomic E-state index is -0.634. The molecule has 1 amide bonds. The van der Waals surface area contributed by atoms with Crippen LogP contribution in [0.2, 0.25) is 5.02 Å². The largest absolute Gasteiger partial charge is 0.497 e. The maximum absolute atomic E-state index is 13.7. The number of anilines is 1. The molecule has 0 saturated heterocycles. The van der Waals surface area contributed by atoms with Gasteiger partial charge in [0, 0.05) is 10.7 Å². The molecule has 0 radical (unpaired) electrons. The van der Waals surface area contributed by atoms with E-state index >= 15 is 0 Å². The number of hydrogen-bond acceptors (Lipinski definition) is 4. The Morgan fingerprint density at radius 1 is 0.938 bits per heavy atom. The van der Waals surface area contributed by atoms with E-state index in [9.17, 15) is 9.59 Å². The van der Waals surface area contributed by atoms with Gasteiger partial charge in [-0.1, -0.05) is 23.7 Å². The molecule has 1 aliphatic heterocycles. The number of carbonyl (C=O) groups excluding carboxylic acids is 1. The third kappa shape index (κ3) is 3.09. The molecule has 1 aliphatic rings. The van der Waals surface area contributed by atoms with Crippen molar-refractivity contribution >= 4 is 34.2 Å². The Morgan fingerprint density at radius 3 is 2.25 bits per heavy atom. The molecule has 0 bridgehead atoms. The van der Waals surface area contributed by atoms with Crippen LogP contribution >= 0.6 is 11.6 Å². The average Bonchev–Trinajstić information content (AvgIpc) is 3.08. The van der Waals surface area contributed by atoms with E-state index in [4.69, 9.17) is 20.8 Å². The Balaban J connectivity index is 1.79. The van der Waals surface area contributed by atoms with Crippen LogP contribution in [0.1, 0.15) is 38.9 Å². The molecule has 5 nitrogen and oxygen atoms in total. The Hall–Kier alpha value is -3.57. The normalized spacial score (nSPS) is 15.3. The fourth-order valence-electron chi connectivity index (χ4n) is 4.20. The Kier molecular flexibility index (Phi) is 4.79. The molecule has 4 aromatic rings. The van der Waals surface area contributed by atoms with E-state index < -0.39 is 6.04 Å². The number of rotatable bonds is 3. The van der Waals surface area contributed by atoms with Gasteiger partial charge in [0.05, 0.1) is 24.1 Å². The quantitative estimate of drug-likeness (QED) is 0.398. The Morgan fingerprint density at radius 2 is 1.59 bits per heavy atom. The van der Waals surface area contributed by atoms with Crippen LogP contribution in [0.25, 0.3) is 11.0 Å². The topological polar surface area (TPSA) is 59.8 Å². The van der Waals surface area contributed by atoms with Gasteiger partial charge in [0.15, 0.2) is 5.43 Å². The van der Waals surface area contributed by atoms with Crippen molar-refractivity contribution in [3.05, 3.63) is 104 Å². The molecule has 1 atom stereocenters. The van der Waals surface area contributed by atoms with Crippen molar-refractivity contribution in [2.45, 2.75) is 19.9 Å². The van der Waals surface area contributed by atoms with Crippen LogP contribution in [0.5, 0.6) is 5.75 Å². The number of ether oxygens (including phenoxy) is 1. The highest BCUT2D eigenvalue weighted by Gasteiger charge is 2.43. The summed E-state index contributed by atoms with van der Waals surface area (Å²) >= 11 is 6.10. The number of carbonyl (C=O) groups is 1. The summed E-state index contributed by atoms with van der Waals surface area (Å²) in [6.07, 6.45) is 0. The van der Waals surface area contributed by atoms with Crippen LogP contribution in [-0.4, -0.2) is 13.0 Å². The van der Waals surface area contributed by atoms with E-state index in [-0.39, 0.29) is 17.1 Å². The van der Waals surface area contributed by atoms with E-state index in [1.54, 1.807) is 48.4 Å². The van der Waals surface area contributed by atoms with Gasteiger partial charge in [-0.2, -0.15) is 0 Å². The lowest BCUT2D eigenvalue weighted by atomic mass is 9.97. The third-order valence-electron chi connectivity index (χ3n) is 6.02. The number of nitrogens with zero attached hydrogens (tertiary/aromatic N) is 1. The molecule has 0 aliphatic carbocycles. The van der Waals surface area contributed by atoms with Crippen LogP contribution in [0.3, 0.4) is 0 Å². The van der Waals surface area contributed by atoms with Gasteiger partial charge in [0.2, 0.25) is 5.76 Å². The van der Waals surface area contributed by atoms with Crippen molar-refractivity contribution in [1.29, 1.82) is 0 Å². The first-order chi connectivity index (χ1) is 15.4. The summed E-state index contributed by atoms with van der Waals surface area (Å²) in [5.41, 5.74) is 3.94. The molecule has 5 rings (SSSR count). The minimum absolute atomic E-state index is 0.0709. The van der Waals surface area contributed by atoms with Crippen molar-refractivity contribution in [3.63, 3.8) is 0 Å². The lowest BCUT2D eigenvalue weighted by Gasteiger charge is -2.25. The molecular formula is C26H20ClNO4. The fraction of sp³-hybridized carbons (Fsp3) is 0.154. The van der Waals surface area contributed by atoms with Crippen molar-refractivity contribution in [2.75, 3.05) is 12.0 Å². The molecule has 32 heavy (non-hydrogen) atoms. The van der Waals surface area contributed by atoms with Gasteiger partial charge in [0.25, 0.3) is 5.91 Å².